The van der Waals surface area contributed by atoms with Crippen molar-refractivity contribution in [3.05, 3.63) is 54.1 Å². The average Bonchev–Trinajstić information content (AvgIpc) is 3.45. The van der Waals surface area contributed by atoms with Crippen LogP contribution >= 0.6 is 0 Å². The van der Waals surface area contributed by atoms with E-state index in [9.17, 15) is 14.4 Å². The van der Waals surface area contributed by atoms with Gasteiger partial charge in [-0.05, 0) is 42.7 Å². The minimum atomic E-state index is -0.722. The Morgan fingerprint density at radius 3 is 2.71 bits per heavy atom. The van der Waals surface area contributed by atoms with E-state index in [0.29, 0.717) is 48.8 Å². The van der Waals surface area contributed by atoms with Crippen LogP contribution in [0.5, 0.6) is 0 Å². The molecule has 31 heavy (non-hydrogen) atoms. The molecule has 1 saturated heterocycles. The number of aromatic nitrogens is 2. The first-order chi connectivity index (χ1) is 15.0. The zero-order chi connectivity index (χ0) is 21.8. The lowest BCUT2D eigenvalue weighted by atomic mass is 9.72. The van der Waals surface area contributed by atoms with Crippen molar-refractivity contribution in [2.45, 2.75) is 44.4 Å². The second-order valence-electron chi connectivity index (χ2n) is 7.43. The number of rotatable bonds is 7. The Bertz CT molecular complexity index is 1090. The molecule has 1 aromatic carbocycles. The Balaban J connectivity index is 1.35. The summed E-state index contributed by atoms with van der Waals surface area (Å²) in [6.07, 6.45) is 3.36. The lowest BCUT2D eigenvalue weighted by Crippen LogP contribution is -2.51. The van der Waals surface area contributed by atoms with Crippen molar-refractivity contribution in [1.82, 2.24) is 15.5 Å². The zero-order valence-corrected chi connectivity index (χ0v) is 17.0. The van der Waals surface area contributed by atoms with Gasteiger partial charge in [-0.1, -0.05) is 24.2 Å². The maximum atomic E-state index is 12.5. The summed E-state index contributed by atoms with van der Waals surface area (Å²) in [4.78, 5) is 40.5. The fraction of sp³-hybridized carbons (Fsp3) is 0.318. The minimum absolute atomic E-state index is 0.172. The van der Waals surface area contributed by atoms with Gasteiger partial charge >= 0.3 is 0 Å². The number of nitrogens with one attached hydrogen (secondary N) is 2. The number of imide groups is 1. The predicted octanol–water partition coefficient (Wildman–Crippen LogP) is 2.99. The molecule has 1 aliphatic rings. The molecule has 3 aromatic rings. The summed E-state index contributed by atoms with van der Waals surface area (Å²) in [6, 6.07) is 10.6. The molecular weight excluding hydrogens is 400 g/mol. The van der Waals surface area contributed by atoms with E-state index in [0.717, 1.165) is 5.56 Å². The van der Waals surface area contributed by atoms with Crippen LogP contribution in [-0.4, -0.2) is 27.9 Å². The largest absolute Gasteiger partial charge is 0.461 e. The van der Waals surface area contributed by atoms with Gasteiger partial charge in [0.1, 0.15) is 0 Å². The van der Waals surface area contributed by atoms with Crippen LogP contribution in [0, 0.1) is 0 Å². The van der Waals surface area contributed by atoms with Crippen molar-refractivity contribution in [2.75, 3.05) is 5.32 Å². The number of carbonyl (C=O) groups excluding carboxylic acids is 3. The molecule has 3 heterocycles. The summed E-state index contributed by atoms with van der Waals surface area (Å²) in [5, 5.41) is 9.09. The molecular formula is C22H22N4O5. The summed E-state index contributed by atoms with van der Waals surface area (Å²) >= 11 is 0. The van der Waals surface area contributed by atoms with Crippen LogP contribution in [-0.2, 0) is 26.2 Å². The number of benzene rings is 1. The maximum absolute atomic E-state index is 12.5. The molecule has 1 fully saturated rings. The third-order valence-corrected chi connectivity index (χ3v) is 5.57. The SMILES string of the molecule is CCC1(c2ccc(NC(=O)CCc3nc(-c4ccco4)no3)cc2)CCC(=O)NC1=O. The Labute approximate surface area is 178 Å². The van der Waals surface area contributed by atoms with E-state index in [1.807, 2.05) is 19.1 Å². The Morgan fingerprint density at radius 2 is 2.03 bits per heavy atom. The van der Waals surface area contributed by atoms with Crippen LogP contribution in [0.25, 0.3) is 11.6 Å². The molecule has 0 aliphatic carbocycles. The summed E-state index contributed by atoms with van der Waals surface area (Å²) in [5.74, 6) is 0.484. The monoisotopic (exact) mass is 422 g/mol. The number of hydrogen-bond acceptors (Lipinski definition) is 7. The summed E-state index contributed by atoms with van der Waals surface area (Å²) in [7, 11) is 0. The highest BCUT2D eigenvalue weighted by atomic mass is 16.5. The number of amides is 3. The van der Waals surface area contributed by atoms with E-state index in [-0.39, 0.29) is 24.1 Å². The lowest BCUT2D eigenvalue weighted by molar-refractivity contribution is -0.138. The number of carbonyl (C=O) groups is 3. The molecule has 1 aliphatic heterocycles. The van der Waals surface area contributed by atoms with E-state index < -0.39 is 5.41 Å². The first-order valence-electron chi connectivity index (χ1n) is 10.1. The van der Waals surface area contributed by atoms with Gasteiger partial charge in [-0.15, -0.1) is 0 Å². The maximum Gasteiger partial charge on any atom is 0.238 e. The van der Waals surface area contributed by atoms with E-state index in [2.05, 4.69) is 20.8 Å². The molecule has 4 rings (SSSR count). The van der Waals surface area contributed by atoms with Crippen LogP contribution in [0.1, 0.15) is 44.1 Å². The Morgan fingerprint density at radius 1 is 1.23 bits per heavy atom. The van der Waals surface area contributed by atoms with Crippen LogP contribution in [0.15, 0.2) is 51.6 Å². The second-order valence-corrected chi connectivity index (χ2v) is 7.43. The summed E-state index contributed by atoms with van der Waals surface area (Å²) in [6.45, 7) is 1.93. The van der Waals surface area contributed by atoms with Crippen molar-refractivity contribution in [1.29, 1.82) is 0 Å². The zero-order valence-electron chi connectivity index (χ0n) is 17.0. The van der Waals surface area contributed by atoms with Crippen molar-refractivity contribution >= 4 is 23.4 Å². The lowest BCUT2D eigenvalue weighted by Gasteiger charge is -2.35. The molecule has 2 N–H and O–H groups in total. The van der Waals surface area contributed by atoms with E-state index in [1.54, 1.807) is 24.3 Å². The van der Waals surface area contributed by atoms with Gasteiger partial charge in [-0.25, -0.2) is 0 Å². The highest BCUT2D eigenvalue weighted by Crippen LogP contribution is 2.36. The first kappa shape index (κ1) is 20.5. The van der Waals surface area contributed by atoms with Crippen molar-refractivity contribution < 1.29 is 23.3 Å². The van der Waals surface area contributed by atoms with Crippen LogP contribution < -0.4 is 10.6 Å². The van der Waals surface area contributed by atoms with Gasteiger partial charge in [0.25, 0.3) is 0 Å². The van der Waals surface area contributed by atoms with Gasteiger partial charge in [0.2, 0.25) is 29.4 Å². The number of piperidine rings is 1. The molecule has 0 spiro atoms. The molecule has 2 aromatic heterocycles. The fourth-order valence-electron chi connectivity index (χ4n) is 3.74. The highest BCUT2D eigenvalue weighted by Gasteiger charge is 2.42. The first-order valence-corrected chi connectivity index (χ1v) is 10.1. The molecule has 9 heteroatoms. The molecule has 0 saturated carbocycles. The third-order valence-electron chi connectivity index (χ3n) is 5.57. The van der Waals surface area contributed by atoms with Crippen LogP contribution in [0.4, 0.5) is 5.69 Å². The van der Waals surface area contributed by atoms with Gasteiger partial charge in [0.05, 0.1) is 11.7 Å². The average molecular weight is 422 g/mol. The Kier molecular flexibility index (Phi) is 5.66. The van der Waals surface area contributed by atoms with Crippen LogP contribution in [0.3, 0.4) is 0 Å². The highest BCUT2D eigenvalue weighted by molar-refractivity contribution is 6.03. The molecule has 0 radical (unpaired) electrons. The fourth-order valence-corrected chi connectivity index (χ4v) is 3.74. The standard InChI is InChI=1S/C22H22N4O5/c1-2-22(12-11-18(28)24-21(22)29)14-5-7-15(8-6-14)23-17(27)9-10-19-25-20(26-31-19)16-4-3-13-30-16/h3-8,13H,2,9-12H2,1H3,(H,23,27)(H,24,28,29). The topological polar surface area (TPSA) is 127 Å². The van der Waals surface area contributed by atoms with Gasteiger partial charge in [-0.3, -0.25) is 19.7 Å². The van der Waals surface area contributed by atoms with Gasteiger partial charge in [0, 0.05) is 24.9 Å². The van der Waals surface area contributed by atoms with E-state index in [1.165, 1.54) is 6.26 Å². The minimum Gasteiger partial charge on any atom is -0.461 e. The molecule has 1 unspecified atom stereocenters. The normalized spacial score (nSPS) is 18.6. The van der Waals surface area contributed by atoms with Crippen molar-refractivity contribution in [3.63, 3.8) is 0 Å². The summed E-state index contributed by atoms with van der Waals surface area (Å²) in [5.41, 5.74) is 0.725. The van der Waals surface area contributed by atoms with E-state index in [4.69, 9.17) is 8.94 Å². The number of hydrogen-bond donors (Lipinski definition) is 2. The van der Waals surface area contributed by atoms with Gasteiger partial charge < -0.3 is 14.3 Å². The van der Waals surface area contributed by atoms with Gasteiger partial charge in [0.15, 0.2) is 5.76 Å². The number of furan rings is 1. The molecule has 0 bridgehead atoms. The third kappa shape index (κ3) is 4.25. The van der Waals surface area contributed by atoms with Crippen molar-refractivity contribution in [3.8, 4) is 11.6 Å². The quantitative estimate of drug-likeness (QED) is 0.560. The van der Waals surface area contributed by atoms with Crippen LogP contribution in [0.2, 0.25) is 0 Å². The molecule has 3 amide bonds. The predicted molar refractivity (Wildman–Crippen MR) is 110 cm³/mol. The summed E-state index contributed by atoms with van der Waals surface area (Å²) < 4.78 is 10.4. The second kappa shape index (κ2) is 8.55. The molecule has 160 valence electrons. The number of anilines is 1. The van der Waals surface area contributed by atoms with Crippen molar-refractivity contribution in [2.24, 2.45) is 0 Å². The van der Waals surface area contributed by atoms with Gasteiger partial charge in [-0.2, -0.15) is 4.98 Å². The molecule has 9 nitrogen and oxygen atoms in total. The molecule has 1 atom stereocenters. The number of aryl methyl sites for hydroxylation is 1. The number of nitrogens with zero attached hydrogens (tertiary/aromatic N) is 2. The van der Waals surface area contributed by atoms with E-state index >= 15 is 0 Å². The Hall–Kier alpha value is -3.75. The smallest absolute Gasteiger partial charge is 0.238 e.